The molecular weight excluding hydrogens is 334 g/mol. The number of nitro benzene ring substituents is 1. The van der Waals surface area contributed by atoms with E-state index in [1.165, 1.54) is 18.2 Å². The van der Waals surface area contributed by atoms with Crippen molar-refractivity contribution in [2.75, 3.05) is 16.8 Å². The maximum Gasteiger partial charge on any atom is 0.269 e. The van der Waals surface area contributed by atoms with E-state index in [9.17, 15) is 19.7 Å². The molecule has 1 aliphatic rings. The van der Waals surface area contributed by atoms with Crippen LogP contribution < -0.4 is 10.2 Å². The summed E-state index contributed by atoms with van der Waals surface area (Å²) in [7, 11) is 0. The highest BCUT2D eigenvalue weighted by atomic mass is 16.6. The standard InChI is InChI=1S/C19H19N3O4/c1-12-4-3-5-15(8-12)21-11-14(10-18(21)23)19(24)20-17-7-6-16(22(25)26)9-13(17)2/h3-9,14H,10-11H2,1-2H3,(H,20,24). The van der Waals surface area contributed by atoms with Crippen LogP contribution in [0.5, 0.6) is 0 Å². The number of non-ortho nitro benzene ring substituents is 1. The Morgan fingerprint density at radius 2 is 2.00 bits per heavy atom. The number of rotatable bonds is 4. The molecule has 1 atom stereocenters. The van der Waals surface area contributed by atoms with Gasteiger partial charge in [-0.05, 0) is 43.2 Å². The normalized spacial score (nSPS) is 16.6. The zero-order valence-corrected chi connectivity index (χ0v) is 14.6. The lowest BCUT2D eigenvalue weighted by atomic mass is 10.1. The molecule has 1 unspecified atom stereocenters. The Balaban J connectivity index is 1.71. The quantitative estimate of drug-likeness (QED) is 0.675. The molecular formula is C19H19N3O4. The van der Waals surface area contributed by atoms with Crippen molar-refractivity contribution in [2.45, 2.75) is 20.3 Å². The van der Waals surface area contributed by atoms with Gasteiger partial charge < -0.3 is 10.2 Å². The second-order valence-electron chi connectivity index (χ2n) is 6.49. The molecule has 1 heterocycles. The van der Waals surface area contributed by atoms with Crippen molar-refractivity contribution in [3.05, 3.63) is 63.7 Å². The molecule has 1 fully saturated rings. The lowest BCUT2D eigenvalue weighted by molar-refractivity contribution is -0.384. The van der Waals surface area contributed by atoms with Gasteiger partial charge in [0.2, 0.25) is 11.8 Å². The fraction of sp³-hybridized carbons (Fsp3) is 0.263. The smallest absolute Gasteiger partial charge is 0.269 e. The first-order chi connectivity index (χ1) is 12.3. The Hall–Kier alpha value is -3.22. The van der Waals surface area contributed by atoms with E-state index < -0.39 is 10.8 Å². The van der Waals surface area contributed by atoms with Crippen molar-refractivity contribution in [2.24, 2.45) is 5.92 Å². The molecule has 1 aliphatic heterocycles. The summed E-state index contributed by atoms with van der Waals surface area (Å²) in [4.78, 5) is 36.8. The average molecular weight is 353 g/mol. The molecule has 0 aliphatic carbocycles. The van der Waals surface area contributed by atoms with E-state index in [-0.39, 0.29) is 23.9 Å². The van der Waals surface area contributed by atoms with Gasteiger partial charge in [-0.2, -0.15) is 0 Å². The van der Waals surface area contributed by atoms with Gasteiger partial charge in [-0.3, -0.25) is 19.7 Å². The first kappa shape index (κ1) is 17.6. The number of carbonyl (C=O) groups is 2. The maximum absolute atomic E-state index is 12.6. The van der Waals surface area contributed by atoms with Crippen molar-refractivity contribution in [1.82, 2.24) is 0 Å². The molecule has 0 bridgehead atoms. The van der Waals surface area contributed by atoms with Gasteiger partial charge in [0.15, 0.2) is 0 Å². The molecule has 7 nitrogen and oxygen atoms in total. The molecule has 0 saturated carbocycles. The van der Waals surface area contributed by atoms with Crippen LogP contribution in [0.15, 0.2) is 42.5 Å². The molecule has 0 aromatic heterocycles. The van der Waals surface area contributed by atoms with Crippen LogP contribution in [0.3, 0.4) is 0 Å². The summed E-state index contributed by atoms with van der Waals surface area (Å²) in [6, 6.07) is 11.9. The summed E-state index contributed by atoms with van der Waals surface area (Å²) in [5.74, 6) is -0.806. The van der Waals surface area contributed by atoms with Crippen molar-refractivity contribution in [3.63, 3.8) is 0 Å². The highest BCUT2D eigenvalue weighted by Gasteiger charge is 2.35. The number of carbonyl (C=O) groups excluding carboxylic acids is 2. The lowest BCUT2D eigenvalue weighted by Crippen LogP contribution is -2.28. The second kappa shape index (κ2) is 6.95. The Kier molecular flexibility index (Phi) is 4.71. The van der Waals surface area contributed by atoms with Crippen molar-refractivity contribution >= 4 is 28.9 Å². The van der Waals surface area contributed by atoms with Gasteiger partial charge in [-0.15, -0.1) is 0 Å². The number of nitrogens with zero attached hydrogens (tertiary/aromatic N) is 2. The summed E-state index contributed by atoms with van der Waals surface area (Å²) in [6.07, 6.45) is 0.145. The Morgan fingerprint density at radius 3 is 2.65 bits per heavy atom. The van der Waals surface area contributed by atoms with Crippen LogP contribution in [0.4, 0.5) is 17.1 Å². The predicted molar refractivity (Wildman–Crippen MR) is 98.1 cm³/mol. The topological polar surface area (TPSA) is 92.6 Å². The summed E-state index contributed by atoms with van der Waals surface area (Å²) in [5, 5.41) is 13.6. The minimum absolute atomic E-state index is 0.0258. The zero-order chi connectivity index (χ0) is 18.8. The number of benzene rings is 2. The van der Waals surface area contributed by atoms with Crippen molar-refractivity contribution in [3.8, 4) is 0 Å². The van der Waals surface area contributed by atoms with E-state index in [0.717, 1.165) is 11.3 Å². The number of hydrogen-bond acceptors (Lipinski definition) is 4. The lowest BCUT2D eigenvalue weighted by Gasteiger charge is -2.17. The van der Waals surface area contributed by atoms with Gasteiger partial charge in [-0.1, -0.05) is 12.1 Å². The van der Waals surface area contributed by atoms with Gasteiger partial charge in [-0.25, -0.2) is 0 Å². The van der Waals surface area contributed by atoms with Gasteiger partial charge in [0.1, 0.15) is 0 Å². The van der Waals surface area contributed by atoms with Crippen LogP contribution >= 0.6 is 0 Å². The van der Waals surface area contributed by atoms with Crippen LogP contribution in [0.25, 0.3) is 0 Å². The molecule has 3 rings (SSSR count). The minimum Gasteiger partial charge on any atom is -0.326 e. The molecule has 26 heavy (non-hydrogen) atoms. The molecule has 0 spiro atoms. The minimum atomic E-state index is -0.478. The third-order valence-electron chi connectivity index (χ3n) is 4.49. The highest BCUT2D eigenvalue weighted by molar-refractivity contribution is 6.03. The third-order valence-corrected chi connectivity index (χ3v) is 4.49. The zero-order valence-electron chi connectivity index (χ0n) is 14.6. The van der Waals surface area contributed by atoms with E-state index in [2.05, 4.69) is 5.32 Å². The molecule has 134 valence electrons. The second-order valence-corrected chi connectivity index (χ2v) is 6.49. The number of amides is 2. The summed E-state index contributed by atoms with van der Waals surface area (Å²) >= 11 is 0. The monoisotopic (exact) mass is 353 g/mol. The number of aryl methyl sites for hydroxylation is 2. The molecule has 2 aromatic rings. The highest BCUT2D eigenvalue weighted by Crippen LogP contribution is 2.28. The average Bonchev–Trinajstić information content (AvgIpc) is 2.98. The third kappa shape index (κ3) is 3.56. The van der Waals surface area contributed by atoms with E-state index in [1.54, 1.807) is 11.8 Å². The van der Waals surface area contributed by atoms with E-state index in [1.807, 2.05) is 31.2 Å². The van der Waals surface area contributed by atoms with Crippen molar-refractivity contribution < 1.29 is 14.5 Å². The summed E-state index contributed by atoms with van der Waals surface area (Å²) in [5.41, 5.74) is 2.93. The molecule has 1 N–H and O–H groups in total. The van der Waals surface area contributed by atoms with E-state index in [0.29, 0.717) is 17.8 Å². The number of nitrogens with one attached hydrogen (secondary N) is 1. The van der Waals surface area contributed by atoms with Crippen LogP contribution in [-0.4, -0.2) is 23.3 Å². The number of anilines is 2. The molecule has 1 saturated heterocycles. The Morgan fingerprint density at radius 1 is 1.23 bits per heavy atom. The van der Waals surface area contributed by atoms with Crippen molar-refractivity contribution in [1.29, 1.82) is 0 Å². The first-order valence-corrected chi connectivity index (χ1v) is 8.28. The molecule has 2 aromatic carbocycles. The SMILES string of the molecule is Cc1cccc(N2CC(C(=O)Nc3ccc([N+](=O)[O-])cc3C)CC2=O)c1. The van der Waals surface area contributed by atoms with Gasteiger partial charge >= 0.3 is 0 Å². The van der Waals surface area contributed by atoms with E-state index in [4.69, 9.17) is 0 Å². The molecule has 7 heteroatoms. The van der Waals surface area contributed by atoms with Crippen LogP contribution in [0, 0.1) is 29.9 Å². The summed E-state index contributed by atoms with van der Waals surface area (Å²) in [6.45, 7) is 3.97. The first-order valence-electron chi connectivity index (χ1n) is 8.28. The Labute approximate surface area is 150 Å². The van der Waals surface area contributed by atoms with Gasteiger partial charge in [0.05, 0.1) is 10.8 Å². The van der Waals surface area contributed by atoms with Crippen LogP contribution in [-0.2, 0) is 9.59 Å². The fourth-order valence-electron chi connectivity index (χ4n) is 3.07. The van der Waals surface area contributed by atoms with Gasteiger partial charge in [0.25, 0.3) is 5.69 Å². The number of hydrogen-bond donors (Lipinski definition) is 1. The fourth-order valence-corrected chi connectivity index (χ4v) is 3.07. The summed E-state index contributed by atoms with van der Waals surface area (Å²) < 4.78 is 0. The van der Waals surface area contributed by atoms with Gasteiger partial charge in [0, 0.05) is 36.5 Å². The Bertz CT molecular complexity index is 894. The van der Waals surface area contributed by atoms with Crippen LogP contribution in [0.1, 0.15) is 17.5 Å². The van der Waals surface area contributed by atoms with Crippen LogP contribution in [0.2, 0.25) is 0 Å². The molecule has 0 radical (unpaired) electrons. The van der Waals surface area contributed by atoms with E-state index >= 15 is 0 Å². The molecule has 2 amide bonds. The largest absolute Gasteiger partial charge is 0.326 e. The maximum atomic E-state index is 12.6. The number of nitro groups is 1. The predicted octanol–water partition coefficient (Wildman–Crippen LogP) is 3.20.